The van der Waals surface area contributed by atoms with E-state index in [1.165, 1.54) is 0 Å². The number of hydrogen-bond donors (Lipinski definition) is 2. The van der Waals surface area contributed by atoms with Gasteiger partial charge in [0, 0.05) is 30.1 Å². The van der Waals surface area contributed by atoms with Crippen molar-refractivity contribution >= 4 is 5.91 Å². The molecule has 2 N–H and O–H groups in total. The number of hydrogen-bond acceptors (Lipinski definition) is 6. The Morgan fingerprint density at radius 2 is 1.86 bits per heavy atom. The van der Waals surface area contributed by atoms with Gasteiger partial charge in [-0.25, -0.2) is 0 Å². The maximum Gasteiger partial charge on any atom is 0.273 e. The number of nitrogens with one attached hydrogen (secondary N) is 1. The number of H-pyrrole nitrogens is 1. The van der Waals surface area contributed by atoms with Crippen LogP contribution in [0.3, 0.4) is 0 Å². The number of phenolic OH excluding ortho intramolecular Hbond substituents is 1. The van der Waals surface area contributed by atoms with E-state index in [9.17, 15) is 9.90 Å². The first-order chi connectivity index (χ1) is 17.5. The van der Waals surface area contributed by atoms with Crippen LogP contribution >= 0.6 is 0 Å². The van der Waals surface area contributed by atoms with E-state index >= 15 is 0 Å². The van der Waals surface area contributed by atoms with Gasteiger partial charge in [0.05, 0.1) is 19.3 Å². The van der Waals surface area contributed by atoms with Crippen LogP contribution in [0.2, 0.25) is 0 Å². The molecule has 1 aliphatic heterocycles. The molecule has 0 bridgehead atoms. The highest BCUT2D eigenvalue weighted by Crippen LogP contribution is 2.46. The Kier molecular flexibility index (Phi) is 6.33. The van der Waals surface area contributed by atoms with E-state index in [1.54, 1.807) is 23.4 Å². The highest BCUT2D eigenvalue weighted by Gasteiger charge is 2.42. The third-order valence-corrected chi connectivity index (χ3v) is 6.23. The molecular formula is C28H28N4O4. The summed E-state index contributed by atoms with van der Waals surface area (Å²) in [6, 6.07) is 14.4. The Labute approximate surface area is 209 Å². The normalized spacial score (nSPS) is 14.7. The number of aromatic nitrogens is 3. The predicted molar refractivity (Wildman–Crippen MR) is 135 cm³/mol. The average molecular weight is 485 g/mol. The van der Waals surface area contributed by atoms with E-state index in [4.69, 9.17) is 9.47 Å². The molecule has 0 fully saturated rings. The van der Waals surface area contributed by atoms with Gasteiger partial charge in [-0.2, -0.15) is 5.10 Å². The molecule has 0 spiro atoms. The minimum Gasteiger partial charge on any atom is -0.507 e. The predicted octanol–water partition coefficient (Wildman–Crippen LogP) is 5.03. The number of fused-ring (bicyclic) bond motifs is 1. The number of aromatic hydroxyl groups is 1. The van der Waals surface area contributed by atoms with Crippen LogP contribution in [0.5, 0.6) is 17.2 Å². The Bertz CT molecular complexity index is 1400. The number of benzene rings is 2. The minimum absolute atomic E-state index is 0.105. The summed E-state index contributed by atoms with van der Waals surface area (Å²) in [6.07, 6.45) is 3.46. The van der Waals surface area contributed by atoms with Crippen LogP contribution in [0, 0.1) is 6.92 Å². The number of carbonyl (C=O) groups excluding carboxylic acids is 1. The second-order valence-electron chi connectivity index (χ2n) is 8.65. The van der Waals surface area contributed by atoms with Crippen molar-refractivity contribution < 1.29 is 19.4 Å². The van der Waals surface area contributed by atoms with Crippen molar-refractivity contribution in [1.29, 1.82) is 0 Å². The number of ether oxygens (including phenoxy) is 2. The lowest BCUT2D eigenvalue weighted by atomic mass is 9.94. The monoisotopic (exact) mass is 484 g/mol. The van der Waals surface area contributed by atoms with Gasteiger partial charge < -0.3 is 19.5 Å². The third kappa shape index (κ3) is 4.15. The van der Waals surface area contributed by atoms with Gasteiger partial charge in [0.1, 0.15) is 17.1 Å². The fraction of sp³-hybridized carbons (Fsp3) is 0.250. The number of nitrogens with zero attached hydrogens (tertiary/aromatic N) is 3. The van der Waals surface area contributed by atoms with Crippen LogP contribution in [-0.4, -0.2) is 44.3 Å². The molecule has 1 aliphatic rings. The van der Waals surface area contributed by atoms with E-state index in [0.717, 1.165) is 22.3 Å². The molecular weight excluding hydrogens is 456 g/mol. The quantitative estimate of drug-likeness (QED) is 0.364. The largest absolute Gasteiger partial charge is 0.507 e. The van der Waals surface area contributed by atoms with Gasteiger partial charge in [0.15, 0.2) is 11.5 Å². The molecule has 36 heavy (non-hydrogen) atoms. The van der Waals surface area contributed by atoms with Crippen molar-refractivity contribution in [3.63, 3.8) is 0 Å². The number of rotatable bonds is 8. The Balaban J connectivity index is 1.68. The Hall–Kier alpha value is -4.33. The summed E-state index contributed by atoms with van der Waals surface area (Å²) < 4.78 is 11.6. The Morgan fingerprint density at radius 3 is 2.61 bits per heavy atom. The van der Waals surface area contributed by atoms with E-state index in [1.807, 2.05) is 63.2 Å². The van der Waals surface area contributed by atoms with E-state index in [-0.39, 0.29) is 11.7 Å². The molecule has 2 aromatic carbocycles. The standard InChI is InChI=1S/C28H28N4O4/c1-4-35-22-11-9-19(14-23(22)36-5-2)27-24-25(20-13-17(3)8-10-21(20)33)30-31-26(24)28(34)32(27)16-18-7-6-12-29-15-18/h6-15,27,33H,4-5,16H2,1-3H3,(H,30,31)/t27-/m1/s1. The molecule has 1 atom stereocenters. The highest BCUT2D eigenvalue weighted by molar-refractivity contribution is 6.00. The topological polar surface area (TPSA) is 101 Å². The highest BCUT2D eigenvalue weighted by atomic mass is 16.5. The van der Waals surface area contributed by atoms with Crippen molar-refractivity contribution in [3.8, 4) is 28.5 Å². The van der Waals surface area contributed by atoms with Gasteiger partial charge in [0.2, 0.25) is 0 Å². The number of aryl methyl sites for hydroxylation is 1. The molecule has 1 amide bonds. The summed E-state index contributed by atoms with van der Waals surface area (Å²) in [5.74, 6) is 1.20. The third-order valence-electron chi connectivity index (χ3n) is 6.23. The summed E-state index contributed by atoms with van der Waals surface area (Å²) in [5, 5.41) is 18.1. The number of amides is 1. The number of pyridine rings is 1. The molecule has 8 nitrogen and oxygen atoms in total. The van der Waals surface area contributed by atoms with Gasteiger partial charge in [-0.1, -0.05) is 23.8 Å². The van der Waals surface area contributed by atoms with E-state index in [2.05, 4.69) is 15.2 Å². The smallest absolute Gasteiger partial charge is 0.273 e. The zero-order valence-corrected chi connectivity index (χ0v) is 20.5. The summed E-state index contributed by atoms with van der Waals surface area (Å²) in [5.41, 5.74) is 4.99. The molecule has 0 unspecified atom stereocenters. The first-order valence-electron chi connectivity index (χ1n) is 12.0. The number of carbonyl (C=O) groups is 1. The zero-order valence-electron chi connectivity index (χ0n) is 20.5. The van der Waals surface area contributed by atoms with Gasteiger partial charge >= 0.3 is 0 Å². The number of phenols is 1. The lowest BCUT2D eigenvalue weighted by molar-refractivity contribution is 0.0729. The molecule has 4 aromatic rings. The molecule has 8 heteroatoms. The van der Waals surface area contributed by atoms with Crippen LogP contribution in [-0.2, 0) is 6.54 Å². The molecule has 3 heterocycles. The van der Waals surface area contributed by atoms with Gasteiger partial charge in [-0.05, 0) is 62.2 Å². The van der Waals surface area contributed by atoms with E-state index < -0.39 is 6.04 Å². The van der Waals surface area contributed by atoms with Crippen molar-refractivity contribution in [2.24, 2.45) is 0 Å². The SMILES string of the molecule is CCOc1ccc([C@@H]2c3c(-c4cc(C)ccc4O)n[nH]c3C(=O)N2Cc2cccnc2)cc1OCC. The molecule has 184 valence electrons. The van der Waals surface area contributed by atoms with Crippen molar-refractivity contribution in [2.75, 3.05) is 13.2 Å². The molecule has 0 radical (unpaired) electrons. The first-order valence-corrected chi connectivity index (χ1v) is 12.0. The second kappa shape index (κ2) is 9.73. The van der Waals surface area contributed by atoms with Crippen LogP contribution in [0.25, 0.3) is 11.3 Å². The van der Waals surface area contributed by atoms with Gasteiger partial charge in [-0.3, -0.25) is 14.9 Å². The van der Waals surface area contributed by atoms with E-state index in [0.29, 0.717) is 48.2 Å². The summed E-state index contributed by atoms with van der Waals surface area (Å²) in [4.78, 5) is 19.7. The molecule has 0 saturated carbocycles. The second-order valence-corrected chi connectivity index (χ2v) is 8.65. The molecule has 0 saturated heterocycles. The summed E-state index contributed by atoms with van der Waals surface area (Å²) in [6.45, 7) is 7.14. The van der Waals surface area contributed by atoms with Crippen LogP contribution in [0.4, 0.5) is 0 Å². The molecule has 0 aliphatic carbocycles. The fourth-order valence-corrected chi connectivity index (χ4v) is 4.68. The first kappa shape index (κ1) is 23.4. The van der Waals surface area contributed by atoms with Crippen molar-refractivity contribution in [3.05, 3.63) is 88.9 Å². The summed E-state index contributed by atoms with van der Waals surface area (Å²) >= 11 is 0. The van der Waals surface area contributed by atoms with Crippen molar-refractivity contribution in [2.45, 2.75) is 33.4 Å². The van der Waals surface area contributed by atoms with Gasteiger partial charge in [0.25, 0.3) is 5.91 Å². The molecule has 5 rings (SSSR count). The lowest BCUT2D eigenvalue weighted by Gasteiger charge is -2.27. The lowest BCUT2D eigenvalue weighted by Crippen LogP contribution is -2.29. The zero-order chi connectivity index (χ0) is 25.2. The van der Waals surface area contributed by atoms with Crippen LogP contribution in [0.1, 0.15) is 52.6 Å². The molecule has 2 aromatic heterocycles. The average Bonchev–Trinajstić information content (AvgIpc) is 3.42. The Morgan fingerprint density at radius 1 is 1.06 bits per heavy atom. The van der Waals surface area contributed by atoms with Gasteiger partial charge in [-0.15, -0.1) is 0 Å². The summed E-state index contributed by atoms with van der Waals surface area (Å²) in [7, 11) is 0. The van der Waals surface area contributed by atoms with Crippen LogP contribution < -0.4 is 9.47 Å². The maximum absolute atomic E-state index is 13.7. The van der Waals surface area contributed by atoms with Crippen molar-refractivity contribution in [1.82, 2.24) is 20.1 Å². The van der Waals surface area contributed by atoms with Crippen LogP contribution in [0.15, 0.2) is 60.9 Å². The number of aromatic amines is 1. The maximum atomic E-state index is 13.7. The minimum atomic E-state index is -0.462. The fourth-order valence-electron chi connectivity index (χ4n) is 4.68.